The first-order valence-electron chi connectivity index (χ1n) is 5.98. The van der Waals surface area contributed by atoms with Gasteiger partial charge in [-0.1, -0.05) is 12.1 Å². The fraction of sp³-hybridized carbons (Fsp3) is 0.500. The number of aliphatic hydroxyl groups is 1. The van der Waals surface area contributed by atoms with Crippen molar-refractivity contribution < 1.29 is 9.90 Å². The van der Waals surface area contributed by atoms with Crippen LogP contribution in [-0.4, -0.2) is 16.6 Å². The van der Waals surface area contributed by atoms with Crippen LogP contribution in [0.3, 0.4) is 0 Å². The Bertz CT molecular complexity index is 416. The number of nitrogens with one attached hydrogen (secondary N) is 1. The summed E-state index contributed by atoms with van der Waals surface area (Å²) >= 11 is 0. The van der Waals surface area contributed by atoms with Crippen molar-refractivity contribution in [3.8, 4) is 0 Å². The first-order chi connectivity index (χ1) is 8.18. The van der Waals surface area contributed by atoms with Gasteiger partial charge in [0.15, 0.2) is 0 Å². The summed E-state index contributed by atoms with van der Waals surface area (Å²) in [5.41, 5.74) is 6.25. The number of carbonyl (C=O) groups excluding carboxylic acids is 1. The van der Waals surface area contributed by atoms with Gasteiger partial charge in [0.2, 0.25) is 5.91 Å². The standard InChI is InChI=1S/C14H22N2O2/c1-13(2,14(3,4)15)12(18)16-11-7-5-10(9-17)6-8-11/h5-8,17H,9,15H2,1-4H3,(H,16,18). The van der Waals surface area contributed by atoms with Crippen molar-refractivity contribution in [1.82, 2.24) is 0 Å². The largest absolute Gasteiger partial charge is 0.392 e. The minimum absolute atomic E-state index is 0.00441. The second-order valence-corrected chi connectivity index (χ2v) is 5.66. The van der Waals surface area contributed by atoms with E-state index < -0.39 is 11.0 Å². The number of hydrogen-bond acceptors (Lipinski definition) is 3. The van der Waals surface area contributed by atoms with E-state index in [4.69, 9.17) is 10.8 Å². The van der Waals surface area contributed by atoms with Crippen LogP contribution in [0.4, 0.5) is 5.69 Å². The molecule has 4 N–H and O–H groups in total. The van der Waals surface area contributed by atoms with E-state index in [0.717, 1.165) is 5.56 Å². The fourth-order valence-corrected chi connectivity index (χ4v) is 1.27. The van der Waals surface area contributed by atoms with Gasteiger partial charge in [0.1, 0.15) is 0 Å². The van der Waals surface area contributed by atoms with Gasteiger partial charge in [0.05, 0.1) is 12.0 Å². The number of hydrogen-bond donors (Lipinski definition) is 3. The van der Waals surface area contributed by atoms with Crippen LogP contribution < -0.4 is 11.1 Å². The van der Waals surface area contributed by atoms with Crippen molar-refractivity contribution in [2.75, 3.05) is 5.32 Å². The van der Waals surface area contributed by atoms with Gasteiger partial charge in [-0.15, -0.1) is 0 Å². The van der Waals surface area contributed by atoms with E-state index in [2.05, 4.69) is 5.32 Å². The first-order valence-corrected chi connectivity index (χ1v) is 5.98. The molecule has 0 saturated heterocycles. The van der Waals surface area contributed by atoms with Gasteiger partial charge in [0.25, 0.3) is 0 Å². The summed E-state index contributed by atoms with van der Waals surface area (Å²) in [6.45, 7) is 7.31. The molecule has 0 atom stereocenters. The normalized spacial score (nSPS) is 12.3. The van der Waals surface area contributed by atoms with Crippen LogP contribution in [0.2, 0.25) is 0 Å². The van der Waals surface area contributed by atoms with Crippen LogP contribution in [0, 0.1) is 5.41 Å². The zero-order chi connectivity index (χ0) is 14.0. The zero-order valence-electron chi connectivity index (χ0n) is 11.4. The Morgan fingerprint density at radius 2 is 1.72 bits per heavy atom. The molecule has 0 radical (unpaired) electrons. The molecule has 1 aromatic carbocycles. The lowest BCUT2D eigenvalue weighted by atomic mass is 9.74. The van der Waals surface area contributed by atoms with Gasteiger partial charge in [-0.2, -0.15) is 0 Å². The lowest BCUT2D eigenvalue weighted by Crippen LogP contribution is -2.53. The Hall–Kier alpha value is -1.39. The summed E-state index contributed by atoms with van der Waals surface area (Å²) in [5.74, 6) is -0.119. The zero-order valence-corrected chi connectivity index (χ0v) is 11.4. The molecule has 0 spiro atoms. The van der Waals surface area contributed by atoms with E-state index in [1.54, 1.807) is 24.3 Å². The third kappa shape index (κ3) is 3.09. The van der Waals surface area contributed by atoms with Crippen LogP contribution in [-0.2, 0) is 11.4 Å². The molecule has 0 bridgehead atoms. The Balaban J connectivity index is 2.81. The number of carbonyl (C=O) groups is 1. The second kappa shape index (κ2) is 5.08. The molecule has 0 heterocycles. The Morgan fingerprint density at radius 3 is 2.11 bits per heavy atom. The summed E-state index contributed by atoms with van der Waals surface area (Å²) in [7, 11) is 0. The molecule has 1 aromatic rings. The molecular formula is C14H22N2O2. The lowest BCUT2D eigenvalue weighted by Gasteiger charge is -2.36. The van der Waals surface area contributed by atoms with Crippen molar-refractivity contribution in [3.05, 3.63) is 29.8 Å². The fourth-order valence-electron chi connectivity index (χ4n) is 1.27. The SMILES string of the molecule is CC(C)(N)C(C)(C)C(=O)Nc1ccc(CO)cc1. The van der Waals surface area contributed by atoms with Gasteiger partial charge in [-0.05, 0) is 45.4 Å². The summed E-state index contributed by atoms with van der Waals surface area (Å²) in [4.78, 5) is 12.2. The Kier molecular flexibility index (Phi) is 4.14. The lowest BCUT2D eigenvalue weighted by molar-refractivity contribution is -0.126. The first kappa shape index (κ1) is 14.7. The molecule has 0 aromatic heterocycles. The molecular weight excluding hydrogens is 228 g/mol. The van der Waals surface area contributed by atoms with Gasteiger partial charge >= 0.3 is 0 Å². The molecule has 0 aliphatic heterocycles. The molecule has 0 fully saturated rings. The van der Waals surface area contributed by atoms with E-state index in [1.165, 1.54) is 0 Å². The van der Waals surface area contributed by atoms with Crippen molar-refractivity contribution in [3.63, 3.8) is 0 Å². The molecule has 18 heavy (non-hydrogen) atoms. The van der Waals surface area contributed by atoms with Gasteiger partial charge in [0, 0.05) is 11.2 Å². The highest BCUT2D eigenvalue weighted by molar-refractivity contribution is 5.95. The van der Waals surface area contributed by atoms with Crippen molar-refractivity contribution in [2.45, 2.75) is 39.8 Å². The Labute approximate surface area is 108 Å². The van der Waals surface area contributed by atoms with Crippen LogP contribution in [0.15, 0.2) is 24.3 Å². The summed E-state index contributed by atoms with van der Waals surface area (Å²) in [6, 6.07) is 7.08. The predicted molar refractivity (Wildman–Crippen MR) is 73.0 cm³/mol. The molecule has 0 saturated carbocycles. The van der Waals surface area contributed by atoms with E-state index in [9.17, 15) is 4.79 Å². The molecule has 4 heteroatoms. The maximum Gasteiger partial charge on any atom is 0.231 e. The third-order valence-electron chi connectivity index (χ3n) is 3.57. The average molecular weight is 250 g/mol. The van der Waals surface area contributed by atoms with Gasteiger partial charge in [-0.3, -0.25) is 4.79 Å². The maximum atomic E-state index is 12.2. The van der Waals surface area contributed by atoms with Crippen LogP contribution in [0.5, 0.6) is 0 Å². The smallest absolute Gasteiger partial charge is 0.231 e. The second-order valence-electron chi connectivity index (χ2n) is 5.66. The van der Waals surface area contributed by atoms with E-state index in [-0.39, 0.29) is 12.5 Å². The van der Waals surface area contributed by atoms with E-state index >= 15 is 0 Å². The number of aliphatic hydroxyl groups excluding tert-OH is 1. The summed E-state index contributed by atoms with van der Waals surface area (Å²) in [5, 5.41) is 11.8. The highest BCUT2D eigenvalue weighted by atomic mass is 16.3. The molecule has 4 nitrogen and oxygen atoms in total. The quantitative estimate of drug-likeness (QED) is 0.763. The highest BCUT2D eigenvalue weighted by Gasteiger charge is 2.40. The predicted octanol–water partition coefficient (Wildman–Crippen LogP) is 1.88. The van der Waals surface area contributed by atoms with Crippen LogP contribution >= 0.6 is 0 Å². The monoisotopic (exact) mass is 250 g/mol. The molecule has 0 aliphatic rings. The maximum absolute atomic E-state index is 12.2. The minimum atomic E-state index is -0.678. The number of benzene rings is 1. The average Bonchev–Trinajstić information content (AvgIpc) is 2.28. The highest BCUT2D eigenvalue weighted by Crippen LogP contribution is 2.29. The van der Waals surface area contributed by atoms with Crippen LogP contribution in [0.25, 0.3) is 0 Å². The molecule has 1 amide bonds. The summed E-state index contributed by atoms with van der Waals surface area (Å²) in [6.07, 6.45) is 0. The van der Waals surface area contributed by atoms with E-state index in [0.29, 0.717) is 5.69 Å². The van der Waals surface area contributed by atoms with Gasteiger partial charge < -0.3 is 16.2 Å². The number of anilines is 1. The Morgan fingerprint density at radius 1 is 1.22 bits per heavy atom. The third-order valence-corrected chi connectivity index (χ3v) is 3.57. The number of nitrogens with two attached hydrogens (primary N) is 1. The van der Waals surface area contributed by atoms with Gasteiger partial charge in [-0.25, -0.2) is 0 Å². The molecule has 0 unspecified atom stereocenters. The summed E-state index contributed by atoms with van der Waals surface area (Å²) < 4.78 is 0. The van der Waals surface area contributed by atoms with Crippen molar-refractivity contribution in [1.29, 1.82) is 0 Å². The van der Waals surface area contributed by atoms with E-state index in [1.807, 2.05) is 27.7 Å². The minimum Gasteiger partial charge on any atom is -0.392 e. The van der Waals surface area contributed by atoms with Crippen LogP contribution in [0.1, 0.15) is 33.3 Å². The number of rotatable bonds is 4. The topological polar surface area (TPSA) is 75.4 Å². The van der Waals surface area contributed by atoms with Crippen molar-refractivity contribution in [2.24, 2.45) is 11.1 Å². The molecule has 100 valence electrons. The molecule has 0 aliphatic carbocycles. The van der Waals surface area contributed by atoms with Crippen molar-refractivity contribution >= 4 is 11.6 Å². The molecule has 1 rings (SSSR count). The number of amides is 1.